The number of rotatable bonds is 5. The van der Waals surface area contributed by atoms with Gasteiger partial charge in [0.15, 0.2) is 0 Å². The van der Waals surface area contributed by atoms with Crippen molar-refractivity contribution in [3.63, 3.8) is 0 Å². The summed E-state index contributed by atoms with van der Waals surface area (Å²) in [5.74, 6) is -1.85. The molecule has 1 aromatic rings. The number of halogens is 1. The smallest absolute Gasteiger partial charge is 0.323 e. The van der Waals surface area contributed by atoms with Crippen molar-refractivity contribution in [2.75, 3.05) is 25.9 Å². The molecule has 6 nitrogen and oxygen atoms in total. The highest BCUT2D eigenvalue weighted by Crippen LogP contribution is 2.23. The molecule has 0 saturated carbocycles. The maximum Gasteiger partial charge on any atom is 0.323 e. The number of likely N-dealkylation sites (tertiary alicyclic amines) is 1. The monoisotopic (exact) mass is 382 g/mol. The average Bonchev–Trinajstić information content (AvgIpc) is 2.85. The number of carboxylic acid groups (broad SMARTS) is 1. The molecule has 1 fully saturated rings. The molecular weight excluding hydrogens is 359 g/mol. The summed E-state index contributed by atoms with van der Waals surface area (Å²) in [6.45, 7) is 1.99. The van der Waals surface area contributed by atoms with Gasteiger partial charge < -0.3 is 14.9 Å². The Labute approximate surface area is 156 Å². The van der Waals surface area contributed by atoms with Gasteiger partial charge in [-0.05, 0) is 43.7 Å². The van der Waals surface area contributed by atoms with Crippen LogP contribution in [0.3, 0.4) is 0 Å². The Balaban J connectivity index is 2.08. The van der Waals surface area contributed by atoms with Gasteiger partial charge in [0.2, 0.25) is 5.91 Å². The van der Waals surface area contributed by atoms with Crippen LogP contribution in [0.1, 0.15) is 36.5 Å². The number of hydrogen-bond acceptors (Lipinski definition) is 4. The Kier molecular flexibility index (Phi) is 7.02. The minimum absolute atomic E-state index is 0.173. The summed E-state index contributed by atoms with van der Waals surface area (Å²) < 4.78 is 13.6. The molecule has 1 saturated heterocycles. The molecule has 0 aliphatic carbocycles. The van der Waals surface area contributed by atoms with E-state index in [0.717, 1.165) is 0 Å². The molecule has 1 heterocycles. The maximum absolute atomic E-state index is 13.6. The predicted octanol–water partition coefficient (Wildman–Crippen LogP) is 2.48. The van der Waals surface area contributed by atoms with Crippen molar-refractivity contribution >= 4 is 29.5 Å². The lowest BCUT2D eigenvalue weighted by Crippen LogP contribution is -2.43. The molecule has 26 heavy (non-hydrogen) atoms. The van der Waals surface area contributed by atoms with E-state index in [1.807, 2.05) is 0 Å². The summed E-state index contributed by atoms with van der Waals surface area (Å²) in [6.07, 6.45) is 3.60. The van der Waals surface area contributed by atoms with E-state index in [2.05, 4.69) is 0 Å². The first kappa shape index (κ1) is 20.2. The van der Waals surface area contributed by atoms with Crippen LogP contribution in [-0.4, -0.2) is 64.6 Å². The zero-order valence-electron chi connectivity index (χ0n) is 14.9. The normalized spacial score (nSPS) is 17.5. The second-order valence-electron chi connectivity index (χ2n) is 6.27. The average molecular weight is 382 g/mol. The number of aliphatic carboxylic acids is 1. The molecule has 2 amide bonds. The number of carbonyl (C=O) groups excluding carboxylic acids is 2. The second-order valence-corrected chi connectivity index (χ2v) is 7.11. The molecule has 2 rings (SSSR count). The van der Waals surface area contributed by atoms with Gasteiger partial charge in [-0.15, -0.1) is 11.8 Å². The van der Waals surface area contributed by atoms with Crippen LogP contribution in [-0.2, 0) is 9.59 Å². The number of nitrogens with zero attached hydrogens (tertiary/aromatic N) is 2. The molecule has 0 aromatic heterocycles. The van der Waals surface area contributed by atoms with Crippen molar-refractivity contribution in [1.29, 1.82) is 0 Å². The van der Waals surface area contributed by atoms with Gasteiger partial charge in [0.05, 0.1) is 0 Å². The highest BCUT2D eigenvalue weighted by molar-refractivity contribution is 7.98. The standard InChI is InChI=1S/C18H23FN2O4S/c1-12(22)21(11-17(23)24)14-4-3-8-20(9-7-14)18(25)13-5-6-15(19)16(10-13)26-2/h5-6,10,14H,3-4,7-9,11H2,1-2H3,(H,23,24). The molecule has 1 aromatic carbocycles. The summed E-state index contributed by atoms with van der Waals surface area (Å²) in [5, 5.41) is 9.00. The minimum Gasteiger partial charge on any atom is -0.480 e. The van der Waals surface area contributed by atoms with Crippen LogP contribution in [0.25, 0.3) is 0 Å². The third kappa shape index (κ3) is 4.97. The van der Waals surface area contributed by atoms with Crippen molar-refractivity contribution in [3.05, 3.63) is 29.6 Å². The Morgan fingerprint density at radius 3 is 2.65 bits per heavy atom. The zero-order valence-corrected chi connectivity index (χ0v) is 15.7. The third-order valence-corrected chi connectivity index (χ3v) is 5.29. The van der Waals surface area contributed by atoms with Crippen molar-refractivity contribution < 1.29 is 23.9 Å². The largest absolute Gasteiger partial charge is 0.480 e. The fourth-order valence-corrected chi connectivity index (χ4v) is 3.72. The van der Waals surface area contributed by atoms with Crippen LogP contribution in [0.15, 0.2) is 23.1 Å². The van der Waals surface area contributed by atoms with Crippen molar-refractivity contribution in [2.45, 2.75) is 37.1 Å². The molecule has 1 aliphatic heterocycles. The number of benzene rings is 1. The topological polar surface area (TPSA) is 77.9 Å². The van der Waals surface area contributed by atoms with Gasteiger partial charge in [-0.3, -0.25) is 14.4 Å². The highest BCUT2D eigenvalue weighted by Gasteiger charge is 2.28. The Hall–Kier alpha value is -2.09. The van der Waals surface area contributed by atoms with Crippen LogP contribution >= 0.6 is 11.8 Å². The first-order valence-corrected chi connectivity index (χ1v) is 9.67. The van der Waals surface area contributed by atoms with E-state index in [1.165, 1.54) is 35.7 Å². The summed E-state index contributed by atoms with van der Waals surface area (Å²) in [7, 11) is 0. The molecule has 0 spiro atoms. The summed E-state index contributed by atoms with van der Waals surface area (Å²) in [4.78, 5) is 39.0. The number of carbonyl (C=O) groups is 3. The van der Waals surface area contributed by atoms with Crippen LogP contribution in [0, 0.1) is 5.82 Å². The van der Waals surface area contributed by atoms with Gasteiger partial charge >= 0.3 is 5.97 Å². The third-order valence-electron chi connectivity index (χ3n) is 4.53. The summed E-state index contributed by atoms with van der Waals surface area (Å²) >= 11 is 1.25. The van der Waals surface area contributed by atoms with E-state index in [1.54, 1.807) is 17.2 Å². The molecular formula is C18H23FN2O4S. The molecule has 1 atom stereocenters. The van der Waals surface area contributed by atoms with E-state index >= 15 is 0 Å². The predicted molar refractivity (Wildman–Crippen MR) is 96.7 cm³/mol. The van der Waals surface area contributed by atoms with Gasteiger partial charge in [0.1, 0.15) is 12.4 Å². The van der Waals surface area contributed by atoms with Gasteiger partial charge in [-0.1, -0.05) is 0 Å². The number of carboxylic acids is 1. The van der Waals surface area contributed by atoms with Crippen LogP contribution < -0.4 is 0 Å². The van der Waals surface area contributed by atoms with Gasteiger partial charge in [-0.25, -0.2) is 4.39 Å². The fraction of sp³-hybridized carbons (Fsp3) is 0.500. The van der Waals surface area contributed by atoms with E-state index in [0.29, 0.717) is 42.8 Å². The quantitative estimate of drug-likeness (QED) is 0.792. The lowest BCUT2D eigenvalue weighted by atomic mass is 10.1. The van der Waals surface area contributed by atoms with E-state index in [4.69, 9.17) is 5.11 Å². The minimum atomic E-state index is -1.05. The second kappa shape index (κ2) is 9.02. The summed E-state index contributed by atoms with van der Waals surface area (Å²) in [5.41, 5.74) is 0.433. The number of thioether (sulfide) groups is 1. The molecule has 0 radical (unpaired) electrons. The first-order chi connectivity index (χ1) is 12.3. The Bertz CT molecular complexity index is 698. The SMILES string of the molecule is CSc1cc(C(=O)N2CCCC(N(CC(=O)O)C(C)=O)CC2)ccc1F. The molecule has 1 aliphatic rings. The van der Waals surface area contributed by atoms with Gasteiger partial charge in [0, 0.05) is 36.5 Å². The molecule has 1 N–H and O–H groups in total. The van der Waals surface area contributed by atoms with Gasteiger partial charge in [0.25, 0.3) is 5.91 Å². The van der Waals surface area contributed by atoms with E-state index in [9.17, 15) is 18.8 Å². The number of hydrogen-bond donors (Lipinski definition) is 1. The van der Waals surface area contributed by atoms with Crippen molar-refractivity contribution in [2.24, 2.45) is 0 Å². The fourth-order valence-electron chi connectivity index (χ4n) is 3.21. The van der Waals surface area contributed by atoms with E-state index in [-0.39, 0.29) is 30.2 Å². The van der Waals surface area contributed by atoms with Crippen LogP contribution in [0.5, 0.6) is 0 Å². The van der Waals surface area contributed by atoms with Crippen LogP contribution in [0.4, 0.5) is 4.39 Å². The van der Waals surface area contributed by atoms with Crippen molar-refractivity contribution in [1.82, 2.24) is 9.80 Å². The molecule has 142 valence electrons. The first-order valence-electron chi connectivity index (χ1n) is 8.45. The van der Waals surface area contributed by atoms with E-state index < -0.39 is 5.97 Å². The van der Waals surface area contributed by atoms with Crippen molar-refractivity contribution in [3.8, 4) is 0 Å². The molecule has 0 bridgehead atoms. The Morgan fingerprint density at radius 1 is 1.31 bits per heavy atom. The highest BCUT2D eigenvalue weighted by atomic mass is 32.2. The lowest BCUT2D eigenvalue weighted by molar-refractivity contribution is -0.145. The molecule has 8 heteroatoms. The molecule has 1 unspecified atom stereocenters. The van der Waals surface area contributed by atoms with Gasteiger partial charge in [-0.2, -0.15) is 0 Å². The van der Waals surface area contributed by atoms with Crippen LogP contribution in [0.2, 0.25) is 0 Å². The zero-order chi connectivity index (χ0) is 19.3. The number of amides is 2. The maximum atomic E-state index is 13.6. The lowest BCUT2D eigenvalue weighted by Gasteiger charge is -2.28. The Morgan fingerprint density at radius 2 is 2.04 bits per heavy atom. The summed E-state index contributed by atoms with van der Waals surface area (Å²) in [6, 6.07) is 4.13.